The largest absolute Gasteiger partial charge is 0.388 e. The van der Waals surface area contributed by atoms with Crippen molar-refractivity contribution in [3.63, 3.8) is 0 Å². The zero-order valence-electron chi connectivity index (χ0n) is 6.82. The van der Waals surface area contributed by atoms with Gasteiger partial charge in [-0.3, -0.25) is 5.41 Å². The van der Waals surface area contributed by atoms with Crippen molar-refractivity contribution in [1.82, 2.24) is 10.2 Å². The molecule has 0 saturated carbocycles. The third-order valence-corrected chi connectivity index (χ3v) is 2.20. The summed E-state index contributed by atoms with van der Waals surface area (Å²) in [7, 11) is 1.91. The smallest absolute Gasteiger partial charge is 0.207 e. The van der Waals surface area contributed by atoms with Gasteiger partial charge in [0.05, 0.1) is 5.84 Å². The predicted molar refractivity (Wildman–Crippen MR) is 49.7 cm³/mol. The van der Waals surface area contributed by atoms with Gasteiger partial charge in [-0.15, -0.1) is 10.2 Å². The summed E-state index contributed by atoms with van der Waals surface area (Å²) in [5, 5.41) is 15.5. The van der Waals surface area contributed by atoms with Crippen molar-refractivity contribution in [3.05, 3.63) is 5.51 Å². The third-order valence-electron chi connectivity index (χ3n) is 1.39. The van der Waals surface area contributed by atoms with Crippen LogP contribution in [0.2, 0.25) is 0 Å². The molecule has 5 nitrogen and oxygen atoms in total. The molecule has 0 atom stereocenters. The minimum absolute atomic E-state index is 0.200. The van der Waals surface area contributed by atoms with Crippen molar-refractivity contribution >= 4 is 22.3 Å². The van der Waals surface area contributed by atoms with Crippen molar-refractivity contribution in [2.75, 3.05) is 18.5 Å². The second-order valence-electron chi connectivity index (χ2n) is 2.42. The molecular formula is C6H11N5S. The van der Waals surface area contributed by atoms with Crippen LogP contribution in [0.1, 0.15) is 6.42 Å². The van der Waals surface area contributed by atoms with E-state index in [9.17, 15) is 0 Å². The van der Waals surface area contributed by atoms with Gasteiger partial charge in [0, 0.05) is 20.0 Å². The average molecular weight is 185 g/mol. The van der Waals surface area contributed by atoms with Gasteiger partial charge in [0.2, 0.25) is 5.13 Å². The molecule has 0 fully saturated rings. The van der Waals surface area contributed by atoms with E-state index in [2.05, 4.69) is 10.2 Å². The van der Waals surface area contributed by atoms with E-state index in [1.807, 2.05) is 11.9 Å². The molecule has 12 heavy (non-hydrogen) atoms. The predicted octanol–water partition coefficient (Wildman–Crippen LogP) is 0.300. The zero-order chi connectivity index (χ0) is 8.97. The van der Waals surface area contributed by atoms with Gasteiger partial charge in [0.15, 0.2) is 0 Å². The van der Waals surface area contributed by atoms with Gasteiger partial charge in [-0.25, -0.2) is 0 Å². The highest BCUT2D eigenvalue weighted by Gasteiger charge is 2.03. The molecule has 66 valence electrons. The standard InChI is InChI=1S/C6H11N5S/c1-11(3-2-5(7)8)6-10-9-4-12-6/h4H,2-3H2,1H3,(H3,7,8). The highest BCUT2D eigenvalue weighted by molar-refractivity contribution is 7.13. The first-order valence-corrected chi connectivity index (χ1v) is 4.38. The van der Waals surface area contributed by atoms with Gasteiger partial charge in [0.1, 0.15) is 5.51 Å². The molecule has 6 heteroatoms. The lowest BCUT2D eigenvalue weighted by molar-refractivity contribution is 0.887. The summed E-state index contributed by atoms with van der Waals surface area (Å²) in [6.45, 7) is 0.713. The Hall–Kier alpha value is -1.17. The first-order chi connectivity index (χ1) is 5.70. The highest BCUT2D eigenvalue weighted by Crippen LogP contribution is 2.13. The van der Waals surface area contributed by atoms with E-state index < -0.39 is 0 Å². The Morgan fingerprint density at radius 3 is 3.08 bits per heavy atom. The zero-order valence-corrected chi connectivity index (χ0v) is 7.64. The van der Waals surface area contributed by atoms with E-state index >= 15 is 0 Å². The van der Waals surface area contributed by atoms with E-state index in [0.29, 0.717) is 13.0 Å². The second kappa shape index (κ2) is 4.01. The normalized spacial score (nSPS) is 9.75. The number of hydrogen-bond donors (Lipinski definition) is 2. The Morgan fingerprint density at radius 2 is 2.58 bits per heavy atom. The topological polar surface area (TPSA) is 78.9 Å². The van der Waals surface area contributed by atoms with Crippen LogP contribution in [0.25, 0.3) is 0 Å². The fourth-order valence-corrected chi connectivity index (χ4v) is 1.27. The maximum Gasteiger partial charge on any atom is 0.207 e. The maximum atomic E-state index is 7.03. The molecule has 0 aromatic carbocycles. The summed E-state index contributed by atoms with van der Waals surface area (Å²) < 4.78 is 0. The van der Waals surface area contributed by atoms with Gasteiger partial charge < -0.3 is 10.6 Å². The van der Waals surface area contributed by atoms with Crippen LogP contribution in [0.4, 0.5) is 5.13 Å². The van der Waals surface area contributed by atoms with E-state index in [1.165, 1.54) is 11.3 Å². The lowest BCUT2D eigenvalue weighted by Gasteiger charge is -2.13. The number of rotatable bonds is 4. The molecule has 1 heterocycles. The molecule has 0 radical (unpaired) electrons. The summed E-state index contributed by atoms with van der Waals surface area (Å²) in [5.74, 6) is 0.200. The summed E-state index contributed by atoms with van der Waals surface area (Å²) in [6.07, 6.45) is 0.566. The van der Waals surface area contributed by atoms with Crippen molar-refractivity contribution in [3.8, 4) is 0 Å². The Morgan fingerprint density at radius 1 is 1.83 bits per heavy atom. The molecular weight excluding hydrogens is 174 g/mol. The molecule has 0 bridgehead atoms. The van der Waals surface area contributed by atoms with Crippen molar-refractivity contribution in [2.24, 2.45) is 5.73 Å². The molecule has 1 aromatic rings. The van der Waals surface area contributed by atoms with Crippen LogP contribution in [-0.4, -0.2) is 29.6 Å². The number of amidine groups is 1. The number of anilines is 1. The number of aromatic nitrogens is 2. The van der Waals surface area contributed by atoms with Crippen molar-refractivity contribution in [2.45, 2.75) is 6.42 Å². The van der Waals surface area contributed by atoms with Crippen LogP contribution < -0.4 is 10.6 Å². The van der Waals surface area contributed by atoms with Gasteiger partial charge in [-0.2, -0.15) is 0 Å². The Labute approximate surface area is 74.7 Å². The lowest BCUT2D eigenvalue weighted by atomic mass is 10.4. The molecule has 0 saturated heterocycles. The van der Waals surface area contributed by atoms with Gasteiger partial charge >= 0.3 is 0 Å². The summed E-state index contributed by atoms with van der Waals surface area (Å²) >= 11 is 1.48. The van der Waals surface area contributed by atoms with E-state index in [4.69, 9.17) is 11.1 Å². The minimum Gasteiger partial charge on any atom is -0.388 e. The Balaban J connectivity index is 2.39. The van der Waals surface area contributed by atoms with Crippen LogP contribution in [-0.2, 0) is 0 Å². The van der Waals surface area contributed by atoms with Gasteiger partial charge in [0.25, 0.3) is 0 Å². The Kier molecular flexibility index (Phi) is 2.98. The average Bonchev–Trinajstić information content (AvgIpc) is 2.51. The second-order valence-corrected chi connectivity index (χ2v) is 3.23. The molecule has 1 rings (SSSR count). The SMILES string of the molecule is CN(CCC(=N)N)c1nncs1. The van der Waals surface area contributed by atoms with Crippen molar-refractivity contribution < 1.29 is 0 Å². The molecule has 0 aliphatic heterocycles. The first-order valence-electron chi connectivity index (χ1n) is 3.50. The Bertz CT molecular complexity index is 244. The number of hydrogen-bond acceptors (Lipinski definition) is 5. The van der Waals surface area contributed by atoms with Gasteiger partial charge in [-0.05, 0) is 0 Å². The number of nitrogens with zero attached hydrogens (tertiary/aromatic N) is 3. The van der Waals surface area contributed by atoms with Crippen molar-refractivity contribution in [1.29, 1.82) is 5.41 Å². The molecule has 1 aromatic heterocycles. The fourth-order valence-electron chi connectivity index (χ4n) is 0.717. The third kappa shape index (κ3) is 2.46. The summed E-state index contributed by atoms with van der Waals surface area (Å²) in [6, 6.07) is 0. The van der Waals surface area contributed by atoms with Crippen LogP contribution in [0.3, 0.4) is 0 Å². The van der Waals surface area contributed by atoms with Crippen LogP contribution in [0.5, 0.6) is 0 Å². The molecule has 0 aliphatic carbocycles. The van der Waals surface area contributed by atoms with E-state index in [-0.39, 0.29) is 5.84 Å². The summed E-state index contributed by atoms with van der Waals surface area (Å²) in [4.78, 5) is 1.93. The monoisotopic (exact) mass is 185 g/mol. The van der Waals surface area contributed by atoms with Crippen LogP contribution in [0.15, 0.2) is 5.51 Å². The van der Waals surface area contributed by atoms with Crippen LogP contribution >= 0.6 is 11.3 Å². The highest BCUT2D eigenvalue weighted by atomic mass is 32.1. The maximum absolute atomic E-state index is 7.03. The fraction of sp³-hybridized carbons (Fsp3) is 0.500. The lowest BCUT2D eigenvalue weighted by Crippen LogP contribution is -2.23. The molecule has 0 unspecified atom stereocenters. The molecule has 0 aliphatic rings. The molecule has 0 spiro atoms. The van der Waals surface area contributed by atoms with Crippen LogP contribution in [0, 0.1) is 5.41 Å². The summed E-state index contributed by atoms with van der Waals surface area (Å²) in [5.41, 5.74) is 6.90. The van der Waals surface area contributed by atoms with E-state index in [0.717, 1.165) is 5.13 Å². The molecule has 0 amide bonds. The minimum atomic E-state index is 0.200. The number of nitrogens with two attached hydrogens (primary N) is 1. The molecule has 3 N–H and O–H groups in total. The van der Waals surface area contributed by atoms with E-state index in [1.54, 1.807) is 5.51 Å². The first kappa shape index (κ1) is 8.92. The van der Waals surface area contributed by atoms with Gasteiger partial charge in [-0.1, -0.05) is 11.3 Å². The quantitative estimate of drug-likeness (QED) is 0.522. The number of nitrogens with one attached hydrogen (secondary N) is 1.